The lowest BCUT2D eigenvalue weighted by Crippen LogP contribution is -2.74. The van der Waals surface area contributed by atoms with Gasteiger partial charge in [0, 0.05) is 18.3 Å². The van der Waals surface area contributed by atoms with Gasteiger partial charge in [0.15, 0.2) is 0 Å². The van der Waals surface area contributed by atoms with Crippen molar-refractivity contribution in [1.82, 2.24) is 4.90 Å². The Morgan fingerprint density at radius 3 is 2.35 bits per heavy atom. The largest absolute Gasteiger partial charge is 0.514 e. The molecule has 1 amide bonds. The Morgan fingerprint density at radius 1 is 1.27 bits per heavy atom. The highest BCUT2D eigenvalue weighted by molar-refractivity contribution is 9.09. The third kappa shape index (κ3) is 3.80. The molecule has 1 aliphatic heterocycles. The van der Waals surface area contributed by atoms with E-state index in [1.54, 1.807) is 0 Å². The number of benzene rings is 1. The van der Waals surface area contributed by atoms with Gasteiger partial charge in [-0.3, -0.25) is 9.69 Å². The zero-order valence-electron chi connectivity index (χ0n) is 15.6. The van der Waals surface area contributed by atoms with Crippen molar-refractivity contribution >= 4 is 28.0 Å². The predicted octanol–water partition coefficient (Wildman–Crippen LogP) is 3.57. The molecule has 1 fully saturated rings. The Balaban J connectivity index is 2.39. The summed E-state index contributed by atoms with van der Waals surface area (Å²) in [5, 5.41) is 20.6. The minimum absolute atomic E-state index is 0.0454. The van der Waals surface area contributed by atoms with E-state index in [0.29, 0.717) is 31.4 Å². The Hall–Kier alpha value is -1.44. The standard InChI is InChI=1S/C19H27BrN2O4/c1-19(2,3)22(18(25)26)12-11-21(13-15(22)9-10-20)16(17(23)24)14-7-5-4-6-8-14/h4-8,15-16H,9-13H2,1-3H3,(H-,23,24,25,26)/p+1/t15-,16?,22?/m1/s1. The average molecular weight is 428 g/mol. The van der Waals surface area contributed by atoms with Crippen LogP contribution in [0.3, 0.4) is 0 Å². The molecule has 1 aliphatic rings. The summed E-state index contributed by atoms with van der Waals surface area (Å²) in [6.45, 7) is 7.08. The summed E-state index contributed by atoms with van der Waals surface area (Å²) in [5.74, 6) is -0.903. The van der Waals surface area contributed by atoms with Gasteiger partial charge >= 0.3 is 12.1 Å². The topological polar surface area (TPSA) is 77.8 Å². The van der Waals surface area contributed by atoms with Gasteiger partial charge in [-0.15, -0.1) is 0 Å². The SMILES string of the molecule is CC(C)(C)[N+]1(C(=O)O)CCN(C(C(=O)O)c2ccccc2)C[C@H]1CCBr. The van der Waals surface area contributed by atoms with Gasteiger partial charge in [0.1, 0.15) is 24.2 Å². The maximum Gasteiger partial charge on any atom is 0.514 e. The Labute approximate surface area is 163 Å². The van der Waals surface area contributed by atoms with Crippen LogP contribution in [0.5, 0.6) is 0 Å². The molecule has 2 rings (SSSR count). The monoisotopic (exact) mass is 427 g/mol. The number of carboxylic acid groups (broad SMARTS) is 2. The summed E-state index contributed by atoms with van der Waals surface area (Å²) in [7, 11) is 0. The lowest BCUT2D eigenvalue weighted by Gasteiger charge is -2.53. The first kappa shape index (κ1) is 20.9. The molecule has 0 radical (unpaired) electrons. The molecule has 0 aromatic heterocycles. The minimum Gasteiger partial charge on any atom is -0.480 e. The van der Waals surface area contributed by atoms with Gasteiger partial charge in [0.2, 0.25) is 0 Å². The van der Waals surface area contributed by atoms with Gasteiger partial charge in [0.25, 0.3) is 0 Å². The van der Waals surface area contributed by atoms with Crippen LogP contribution in [0.1, 0.15) is 38.8 Å². The Morgan fingerprint density at radius 2 is 1.88 bits per heavy atom. The fourth-order valence-corrected chi connectivity index (χ4v) is 4.74. The third-order valence-corrected chi connectivity index (χ3v) is 5.96. The van der Waals surface area contributed by atoms with Crippen molar-refractivity contribution in [2.24, 2.45) is 0 Å². The highest BCUT2D eigenvalue weighted by atomic mass is 79.9. The van der Waals surface area contributed by atoms with Gasteiger partial charge in [-0.2, -0.15) is 4.79 Å². The molecule has 6 nitrogen and oxygen atoms in total. The number of amides is 1. The number of piperazine rings is 1. The van der Waals surface area contributed by atoms with Crippen LogP contribution in [-0.2, 0) is 4.79 Å². The number of nitrogens with zero attached hydrogens (tertiary/aromatic N) is 2. The van der Waals surface area contributed by atoms with Crippen LogP contribution in [0, 0.1) is 0 Å². The van der Waals surface area contributed by atoms with Crippen molar-refractivity contribution in [3.63, 3.8) is 0 Å². The van der Waals surface area contributed by atoms with Gasteiger partial charge in [-0.05, 0) is 26.3 Å². The molecule has 1 aromatic rings. The quantitative estimate of drug-likeness (QED) is 0.554. The predicted molar refractivity (Wildman–Crippen MR) is 103 cm³/mol. The van der Waals surface area contributed by atoms with E-state index in [4.69, 9.17) is 0 Å². The molecule has 1 heterocycles. The Kier molecular flexibility index (Phi) is 6.47. The number of alkyl halides is 1. The van der Waals surface area contributed by atoms with E-state index in [-0.39, 0.29) is 10.5 Å². The summed E-state index contributed by atoms with van der Waals surface area (Å²) in [6, 6.07) is 8.20. The second kappa shape index (κ2) is 8.06. The highest BCUT2D eigenvalue weighted by Crippen LogP contribution is 2.36. The number of aliphatic carboxylic acids is 1. The van der Waals surface area contributed by atoms with Gasteiger partial charge in [-0.25, -0.2) is 4.48 Å². The van der Waals surface area contributed by atoms with Crippen molar-refractivity contribution in [2.75, 3.05) is 25.0 Å². The molecule has 2 unspecified atom stereocenters. The van der Waals surface area contributed by atoms with Crippen molar-refractivity contribution in [1.29, 1.82) is 0 Å². The van der Waals surface area contributed by atoms with E-state index < -0.39 is 23.6 Å². The normalized spacial score (nSPS) is 25.6. The Bertz CT molecular complexity index is 647. The van der Waals surface area contributed by atoms with E-state index in [0.717, 1.165) is 5.56 Å². The van der Waals surface area contributed by atoms with E-state index >= 15 is 0 Å². The summed E-state index contributed by atoms with van der Waals surface area (Å²) in [6.07, 6.45) is -0.170. The molecule has 0 spiro atoms. The van der Waals surface area contributed by atoms with Crippen LogP contribution in [-0.4, -0.2) is 68.2 Å². The second-order valence-corrected chi connectivity index (χ2v) is 8.62. The number of hydrogen-bond acceptors (Lipinski definition) is 3. The molecular weight excluding hydrogens is 400 g/mol. The fourth-order valence-electron chi connectivity index (χ4n) is 4.21. The molecule has 0 aliphatic carbocycles. The summed E-state index contributed by atoms with van der Waals surface area (Å²) in [5.41, 5.74) is 0.250. The number of hydrogen-bond donors (Lipinski definition) is 2. The van der Waals surface area contributed by atoms with E-state index in [1.807, 2.05) is 56.0 Å². The zero-order valence-corrected chi connectivity index (χ0v) is 17.1. The zero-order chi connectivity index (χ0) is 19.5. The molecule has 1 saturated heterocycles. The molecule has 144 valence electrons. The third-order valence-electron chi connectivity index (χ3n) is 5.50. The van der Waals surface area contributed by atoms with Crippen LogP contribution >= 0.6 is 15.9 Å². The maximum atomic E-state index is 12.3. The molecule has 1 aromatic carbocycles. The van der Waals surface area contributed by atoms with Crippen molar-refractivity contribution in [2.45, 2.75) is 44.8 Å². The second-order valence-electron chi connectivity index (χ2n) is 7.82. The lowest BCUT2D eigenvalue weighted by atomic mass is 9.92. The van der Waals surface area contributed by atoms with Crippen LogP contribution in [0.15, 0.2) is 30.3 Å². The van der Waals surface area contributed by atoms with Crippen LogP contribution in [0.4, 0.5) is 4.79 Å². The number of quaternary nitrogens is 1. The van der Waals surface area contributed by atoms with Crippen LogP contribution in [0.2, 0.25) is 0 Å². The summed E-state index contributed by atoms with van der Waals surface area (Å²) in [4.78, 5) is 26.2. The molecule has 0 saturated carbocycles. The molecule has 2 N–H and O–H groups in total. The smallest absolute Gasteiger partial charge is 0.480 e. The van der Waals surface area contributed by atoms with E-state index in [2.05, 4.69) is 15.9 Å². The molecular formula is C19H28BrN2O4+. The molecule has 7 heteroatoms. The van der Waals surface area contributed by atoms with E-state index in [1.165, 1.54) is 0 Å². The minimum atomic E-state index is -0.903. The first-order valence-corrected chi connectivity index (χ1v) is 9.96. The molecule has 26 heavy (non-hydrogen) atoms. The summed E-state index contributed by atoms with van der Waals surface area (Å²) < 4.78 is -0.0454. The fraction of sp³-hybridized carbons (Fsp3) is 0.579. The maximum absolute atomic E-state index is 12.3. The average Bonchev–Trinajstić information content (AvgIpc) is 2.55. The van der Waals surface area contributed by atoms with Crippen molar-refractivity contribution < 1.29 is 24.3 Å². The first-order valence-electron chi connectivity index (χ1n) is 8.84. The van der Waals surface area contributed by atoms with E-state index in [9.17, 15) is 19.8 Å². The van der Waals surface area contributed by atoms with Gasteiger partial charge < -0.3 is 10.2 Å². The summed E-state index contributed by atoms with van der Waals surface area (Å²) >= 11 is 3.45. The number of carbonyl (C=O) groups is 2. The van der Waals surface area contributed by atoms with Crippen molar-refractivity contribution in [3.8, 4) is 0 Å². The number of halogens is 1. The highest BCUT2D eigenvalue weighted by Gasteiger charge is 2.56. The van der Waals surface area contributed by atoms with Crippen LogP contribution < -0.4 is 0 Å². The first-order chi connectivity index (χ1) is 12.1. The molecule has 0 bridgehead atoms. The lowest BCUT2D eigenvalue weighted by molar-refractivity contribution is -0.931. The van der Waals surface area contributed by atoms with Gasteiger partial charge in [-0.1, -0.05) is 46.3 Å². The van der Waals surface area contributed by atoms with Crippen LogP contribution in [0.25, 0.3) is 0 Å². The van der Waals surface area contributed by atoms with Gasteiger partial charge in [0.05, 0.1) is 6.54 Å². The van der Waals surface area contributed by atoms with Crippen molar-refractivity contribution in [3.05, 3.63) is 35.9 Å². The molecule has 3 atom stereocenters. The number of rotatable bonds is 5. The number of carboxylic acids is 1.